The maximum Gasteiger partial charge on any atom is 0.311 e. The molecule has 0 aliphatic heterocycles. The summed E-state index contributed by atoms with van der Waals surface area (Å²) >= 11 is 3.21. The molecular formula is C13H20N2O2S2. The Morgan fingerprint density at radius 2 is 2.16 bits per heavy atom. The Balaban J connectivity index is 2.82. The van der Waals surface area contributed by atoms with Gasteiger partial charge >= 0.3 is 5.97 Å². The van der Waals surface area contributed by atoms with Gasteiger partial charge in [0.05, 0.1) is 23.6 Å². The molecule has 0 aliphatic rings. The van der Waals surface area contributed by atoms with Crippen LogP contribution in [-0.4, -0.2) is 36.0 Å². The number of carbonyl (C=O) groups excluding carboxylic acids is 1. The van der Waals surface area contributed by atoms with Crippen LogP contribution in [0.15, 0.2) is 11.0 Å². The number of aromatic nitrogens is 1. The van der Waals surface area contributed by atoms with Gasteiger partial charge in [-0.1, -0.05) is 5.57 Å². The summed E-state index contributed by atoms with van der Waals surface area (Å²) in [7, 11) is 4.00. The normalized spacial score (nSPS) is 10.6. The molecule has 0 saturated heterocycles. The Morgan fingerprint density at radius 3 is 2.68 bits per heavy atom. The molecule has 0 aromatic carbocycles. The van der Waals surface area contributed by atoms with Crippen LogP contribution in [0.25, 0.3) is 4.91 Å². The fourth-order valence-corrected chi connectivity index (χ4v) is 3.17. The summed E-state index contributed by atoms with van der Waals surface area (Å²) in [6.07, 6.45) is 0.243. The first-order valence-electron chi connectivity index (χ1n) is 6.07. The Morgan fingerprint density at radius 1 is 1.47 bits per heavy atom. The summed E-state index contributed by atoms with van der Waals surface area (Å²) in [5, 5.41) is 2.88. The van der Waals surface area contributed by atoms with E-state index in [-0.39, 0.29) is 12.4 Å². The number of hydrogen-bond donors (Lipinski definition) is 0. The van der Waals surface area contributed by atoms with Crippen molar-refractivity contribution in [1.29, 1.82) is 0 Å². The standard InChI is InChI=1S/C13H20N2O2S2/c1-6-17-11(16)7-10-8-18-13(14-10)12(9(2)3)19-15(4)5/h8H,6-7H2,1-5H3. The zero-order valence-electron chi connectivity index (χ0n) is 12.0. The highest BCUT2D eigenvalue weighted by atomic mass is 32.2. The van der Waals surface area contributed by atoms with Crippen molar-refractivity contribution in [2.45, 2.75) is 27.2 Å². The van der Waals surface area contributed by atoms with Gasteiger partial charge in [0.1, 0.15) is 5.01 Å². The molecule has 1 aromatic heterocycles. The molecule has 0 saturated carbocycles. The first-order chi connectivity index (χ1) is 8.93. The van der Waals surface area contributed by atoms with Gasteiger partial charge in [0.15, 0.2) is 0 Å². The molecule has 0 spiro atoms. The van der Waals surface area contributed by atoms with Gasteiger partial charge in [0, 0.05) is 5.38 Å². The summed E-state index contributed by atoms with van der Waals surface area (Å²) in [5.74, 6) is -0.224. The van der Waals surface area contributed by atoms with Gasteiger partial charge in [0.25, 0.3) is 0 Å². The lowest BCUT2D eigenvalue weighted by Crippen LogP contribution is -2.07. The maximum atomic E-state index is 11.4. The van der Waals surface area contributed by atoms with E-state index < -0.39 is 0 Å². The van der Waals surface area contributed by atoms with Crippen molar-refractivity contribution in [2.75, 3.05) is 20.7 Å². The number of nitrogens with zero attached hydrogens (tertiary/aromatic N) is 2. The van der Waals surface area contributed by atoms with Crippen molar-refractivity contribution in [3.8, 4) is 0 Å². The van der Waals surface area contributed by atoms with Gasteiger partial charge in [-0.25, -0.2) is 4.98 Å². The van der Waals surface area contributed by atoms with Crippen LogP contribution in [0.4, 0.5) is 0 Å². The van der Waals surface area contributed by atoms with Gasteiger partial charge < -0.3 is 4.74 Å². The fraction of sp³-hybridized carbons (Fsp3) is 0.538. The second-order valence-corrected chi connectivity index (χ2v) is 6.54. The monoisotopic (exact) mass is 300 g/mol. The predicted molar refractivity (Wildman–Crippen MR) is 82.0 cm³/mol. The molecule has 0 atom stereocenters. The summed E-state index contributed by atoms with van der Waals surface area (Å²) in [5.41, 5.74) is 1.99. The third-order valence-corrected chi connectivity index (χ3v) is 4.29. The van der Waals surface area contributed by atoms with E-state index in [9.17, 15) is 4.79 Å². The lowest BCUT2D eigenvalue weighted by atomic mass is 10.3. The van der Waals surface area contributed by atoms with Crippen molar-refractivity contribution in [3.05, 3.63) is 21.7 Å². The molecule has 0 amide bonds. The third kappa shape index (κ3) is 5.34. The third-order valence-electron chi connectivity index (χ3n) is 2.10. The van der Waals surface area contributed by atoms with Crippen molar-refractivity contribution < 1.29 is 9.53 Å². The lowest BCUT2D eigenvalue weighted by Gasteiger charge is -2.11. The average Bonchev–Trinajstić information content (AvgIpc) is 2.73. The largest absolute Gasteiger partial charge is 0.466 e. The van der Waals surface area contributed by atoms with E-state index in [0.717, 1.165) is 15.6 Å². The van der Waals surface area contributed by atoms with Crippen molar-refractivity contribution in [2.24, 2.45) is 0 Å². The van der Waals surface area contributed by atoms with Crippen LogP contribution in [0.1, 0.15) is 31.5 Å². The highest BCUT2D eigenvalue weighted by Crippen LogP contribution is 2.33. The summed E-state index contributed by atoms with van der Waals surface area (Å²) < 4.78 is 6.96. The number of hydrogen-bond acceptors (Lipinski definition) is 6. The number of carbonyl (C=O) groups is 1. The van der Waals surface area contributed by atoms with E-state index in [4.69, 9.17) is 4.74 Å². The minimum Gasteiger partial charge on any atom is -0.466 e. The molecule has 106 valence electrons. The zero-order valence-corrected chi connectivity index (χ0v) is 13.7. The summed E-state index contributed by atoms with van der Waals surface area (Å²) in [4.78, 5) is 17.1. The van der Waals surface area contributed by atoms with Crippen molar-refractivity contribution in [3.63, 3.8) is 0 Å². The van der Waals surface area contributed by atoms with E-state index in [1.54, 1.807) is 30.2 Å². The van der Waals surface area contributed by atoms with Crippen molar-refractivity contribution >= 4 is 34.2 Å². The Labute approximate surface area is 123 Å². The van der Waals surface area contributed by atoms with Crippen LogP contribution >= 0.6 is 23.3 Å². The second kappa shape index (κ2) is 7.67. The minimum absolute atomic E-state index is 0.224. The highest BCUT2D eigenvalue weighted by Gasteiger charge is 2.13. The van der Waals surface area contributed by atoms with Crippen molar-refractivity contribution in [1.82, 2.24) is 9.29 Å². The molecule has 0 bridgehead atoms. The zero-order chi connectivity index (χ0) is 14.4. The van der Waals surface area contributed by atoms with Gasteiger partial charge in [-0.05, 0) is 46.8 Å². The van der Waals surface area contributed by atoms with Crippen LogP contribution in [0.2, 0.25) is 0 Å². The van der Waals surface area contributed by atoms with Gasteiger partial charge in [-0.2, -0.15) is 0 Å². The van der Waals surface area contributed by atoms with Crippen LogP contribution in [0.3, 0.4) is 0 Å². The van der Waals surface area contributed by atoms with E-state index in [1.165, 1.54) is 5.57 Å². The van der Waals surface area contributed by atoms with Gasteiger partial charge in [-0.3, -0.25) is 9.10 Å². The number of esters is 1. The Kier molecular flexibility index (Phi) is 6.54. The quantitative estimate of drug-likeness (QED) is 0.596. The molecule has 0 unspecified atom stereocenters. The lowest BCUT2D eigenvalue weighted by molar-refractivity contribution is -0.142. The number of rotatable bonds is 6. The molecule has 19 heavy (non-hydrogen) atoms. The molecule has 0 radical (unpaired) electrons. The number of thiazole rings is 1. The van der Waals surface area contributed by atoms with Crippen LogP contribution in [-0.2, 0) is 16.0 Å². The second-order valence-electron chi connectivity index (χ2n) is 4.36. The molecular weight excluding hydrogens is 280 g/mol. The Hall–Kier alpha value is -0.850. The molecule has 0 N–H and O–H groups in total. The summed E-state index contributed by atoms with van der Waals surface area (Å²) in [6.45, 7) is 6.35. The number of allylic oxidation sites excluding steroid dienone is 1. The molecule has 0 fully saturated rings. The Bertz CT molecular complexity index is 463. The van der Waals surface area contributed by atoms with E-state index >= 15 is 0 Å². The first kappa shape index (κ1) is 16.2. The smallest absolute Gasteiger partial charge is 0.311 e. The molecule has 1 heterocycles. The average molecular weight is 300 g/mol. The van der Waals surface area contributed by atoms with E-state index in [0.29, 0.717) is 6.61 Å². The maximum absolute atomic E-state index is 11.4. The number of ether oxygens (including phenoxy) is 1. The SMILES string of the molecule is CCOC(=O)Cc1csc(C(SN(C)C)=C(C)C)n1. The highest BCUT2D eigenvalue weighted by molar-refractivity contribution is 8.06. The summed E-state index contributed by atoms with van der Waals surface area (Å²) in [6, 6.07) is 0. The van der Waals surface area contributed by atoms with Crippen LogP contribution in [0, 0.1) is 0 Å². The fourth-order valence-electron chi connectivity index (χ4n) is 1.38. The van der Waals surface area contributed by atoms with Crippen LogP contribution in [0.5, 0.6) is 0 Å². The van der Waals surface area contributed by atoms with E-state index in [2.05, 4.69) is 18.8 Å². The molecule has 0 aliphatic carbocycles. The predicted octanol–water partition coefficient (Wildman–Crippen LogP) is 3.21. The first-order valence-corrected chi connectivity index (χ1v) is 7.72. The van der Waals surface area contributed by atoms with Crippen LogP contribution < -0.4 is 0 Å². The van der Waals surface area contributed by atoms with Gasteiger partial charge in [0.2, 0.25) is 0 Å². The topological polar surface area (TPSA) is 42.4 Å². The molecule has 1 rings (SSSR count). The molecule has 6 heteroatoms. The van der Waals surface area contributed by atoms with E-state index in [1.807, 2.05) is 23.8 Å². The molecule has 1 aromatic rings. The minimum atomic E-state index is -0.224. The van der Waals surface area contributed by atoms with Gasteiger partial charge in [-0.15, -0.1) is 11.3 Å². The molecule has 4 nitrogen and oxygen atoms in total.